The summed E-state index contributed by atoms with van der Waals surface area (Å²) in [5.41, 5.74) is 1.51. The number of halogens is 1. The third-order valence-electron chi connectivity index (χ3n) is 5.06. The molecule has 2 N–H and O–H groups in total. The van der Waals surface area contributed by atoms with E-state index in [0.29, 0.717) is 62.2 Å². The third-order valence-corrected chi connectivity index (χ3v) is 5.26. The largest absolute Gasteiger partial charge is 0.378 e. The van der Waals surface area contributed by atoms with E-state index in [2.05, 4.69) is 20.8 Å². The van der Waals surface area contributed by atoms with Crippen molar-refractivity contribution in [3.63, 3.8) is 0 Å². The molecule has 9 nitrogen and oxygen atoms in total. The number of benzene rings is 1. The van der Waals surface area contributed by atoms with Gasteiger partial charge in [-0.2, -0.15) is 10.2 Å². The van der Waals surface area contributed by atoms with Crippen LogP contribution in [0.4, 0.5) is 15.9 Å². The molecule has 1 aliphatic heterocycles. The highest BCUT2D eigenvalue weighted by Gasteiger charge is 2.25. The number of aryl methyl sites for hydroxylation is 1. The zero-order valence-corrected chi connectivity index (χ0v) is 18.4. The first-order valence-electron chi connectivity index (χ1n) is 10.3. The number of rotatable bonds is 6. The summed E-state index contributed by atoms with van der Waals surface area (Å²) in [6.45, 7) is 4.88. The van der Waals surface area contributed by atoms with Gasteiger partial charge in [0.1, 0.15) is 11.5 Å². The molecule has 0 bridgehead atoms. The second-order valence-electron chi connectivity index (χ2n) is 7.20. The Morgan fingerprint density at radius 3 is 2.75 bits per heavy atom. The summed E-state index contributed by atoms with van der Waals surface area (Å²) in [4.78, 5) is 14.8. The van der Waals surface area contributed by atoms with Crippen LogP contribution in [-0.4, -0.2) is 61.8 Å². The maximum Gasteiger partial charge on any atom is 0.274 e. The van der Waals surface area contributed by atoms with Crippen molar-refractivity contribution >= 4 is 34.7 Å². The average Bonchev–Trinajstić information content (AvgIpc) is 3.41. The molecule has 1 aliphatic rings. The molecule has 1 saturated heterocycles. The van der Waals surface area contributed by atoms with Crippen molar-refractivity contribution in [2.24, 2.45) is 0 Å². The number of amides is 1. The lowest BCUT2D eigenvalue weighted by Gasteiger charge is -2.27. The number of morpholine rings is 1. The quantitative estimate of drug-likeness (QED) is 0.550. The number of anilines is 2. The molecule has 0 unspecified atom stereocenters. The normalized spacial score (nSPS) is 13.8. The fraction of sp³-hybridized carbons (Fsp3) is 0.333. The Balaban J connectivity index is 1.42. The van der Waals surface area contributed by atoms with Crippen molar-refractivity contribution < 1.29 is 13.9 Å². The van der Waals surface area contributed by atoms with Crippen LogP contribution in [-0.2, 0) is 17.8 Å². The number of hydrogen-bond acceptors (Lipinski definition) is 5. The van der Waals surface area contributed by atoms with Crippen molar-refractivity contribution in [1.29, 1.82) is 0 Å². The molecule has 32 heavy (non-hydrogen) atoms. The Bertz CT molecular complexity index is 1110. The molecule has 1 fully saturated rings. The van der Waals surface area contributed by atoms with E-state index in [4.69, 9.17) is 17.0 Å². The monoisotopic (exact) mass is 457 g/mol. The summed E-state index contributed by atoms with van der Waals surface area (Å²) in [5.74, 6) is 0.106. The van der Waals surface area contributed by atoms with Gasteiger partial charge in [-0.05, 0) is 25.2 Å². The van der Waals surface area contributed by atoms with Crippen LogP contribution >= 0.6 is 12.2 Å². The highest BCUT2D eigenvalue weighted by Crippen LogP contribution is 2.19. The van der Waals surface area contributed by atoms with Gasteiger partial charge in [0.15, 0.2) is 10.9 Å². The lowest BCUT2D eigenvalue weighted by atomic mass is 10.2. The lowest BCUT2D eigenvalue weighted by Crippen LogP contribution is -2.41. The molecular weight excluding hydrogens is 433 g/mol. The molecule has 1 aromatic carbocycles. The van der Waals surface area contributed by atoms with Gasteiger partial charge in [0.05, 0.1) is 31.6 Å². The van der Waals surface area contributed by atoms with Gasteiger partial charge in [-0.25, -0.2) is 4.39 Å². The molecule has 0 radical (unpaired) electrons. The van der Waals surface area contributed by atoms with Crippen molar-refractivity contribution in [2.75, 3.05) is 36.9 Å². The Morgan fingerprint density at radius 1 is 1.22 bits per heavy atom. The molecule has 168 valence electrons. The molecule has 3 aromatic rings. The second-order valence-corrected chi connectivity index (χ2v) is 7.60. The fourth-order valence-electron chi connectivity index (χ4n) is 3.45. The zero-order valence-electron chi connectivity index (χ0n) is 17.6. The first-order valence-corrected chi connectivity index (χ1v) is 10.7. The fourth-order valence-corrected chi connectivity index (χ4v) is 3.66. The Kier molecular flexibility index (Phi) is 6.76. The van der Waals surface area contributed by atoms with Gasteiger partial charge in [-0.3, -0.25) is 14.2 Å². The van der Waals surface area contributed by atoms with Crippen LogP contribution in [0, 0.1) is 5.82 Å². The van der Waals surface area contributed by atoms with Crippen molar-refractivity contribution in [3.05, 3.63) is 59.8 Å². The molecule has 3 heterocycles. The standard InChI is InChI=1S/C21H24FN7O2S/c1-2-29-19(20(30)27-9-11-31-12-10-27)17(13-23-29)24-21(32)25-18-7-8-28(26-18)14-15-5-3-4-6-16(15)22/h3-8,13H,2,9-12,14H2,1H3,(H2,24,25,26,32). The van der Waals surface area contributed by atoms with Gasteiger partial charge < -0.3 is 20.3 Å². The summed E-state index contributed by atoms with van der Waals surface area (Å²) in [7, 11) is 0. The Labute approximate surface area is 190 Å². The van der Waals surface area contributed by atoms with E-state index in [1.807, 2.05) is 6.92 Å². The average molecular weight is 458 g/mol. The van der Waals surface area contributed by atoms with E-state index in [1.165, 1.54) is 6.07 Å². The van der Waals surface area contributed by atoms with E-state index in [9.17, 15) is 9.18 Å². The van der Waals surface area contributed by atoms with Gasteiger partial charge in [-0.15, -0.1) is 0 Å². The van der Waals surface area contributed by atoms with E-state index in [0.717, 1.165) is 0 Å². The minimum absolute atomic E-state index is 0.118. The number of carbonyl (C=O) groups excluding carboxylic acids is 1. The van der Waals surface area contributed by atoms with Gasteiger partial charge in [0.25, 0.3) is 5.91 Å². The highest BCUT2D eigenvalue weighted by atomic mass is 32.1. The molecule has 11 heteroatoms. The van der Waals surface area contributed by atoms with Crippen molar-refractivity contribution in [2.45, 2.75) is 20.0 Å². The van der Waals surface area contributed by atoms with Crippen LogP contribution in [0.3, 0.4) is 0 Å². The van der Waals surface area contributed by atoms with E-state index in [1.54, 1.807) is 50.9 Å². The Hall–Kier alpha value is -3.31. The molecule has 0 saturated carbocycles. The summed E-state index contributed by atoms with van der Waals surface area (Å²) in [5, 5.41) is 15.0. The van der Waals surface area contributed by atoms with E-state index in [-0.39, 0.29) is 16.8 Å². The predicted molar refractivity (Wildman–Crippen MR) is 122 cm³/mol. The van der Waals surface area contributed by atoms with Crippen molar-refractivity contribution in [3.8, 4) is 0 Å². The minimum Gasteiger partial charge on any atom is -0.378 e. The molecular formula is C21H24FN7O2S. The maximum atomic E-state index is 13.9. The minimum atomic E-state index is -0.278. The van der Waals surface area contributed by atoms with Crippen LogP contribution < -0.4 is 10.6 Å². The van der Waals surface area contributed by atoms with Crippen LogP contribution in [0.2, 0.25) is 0 Å². The molecule has 2 aromatic heterocycles. The maximum absolute atomic E-state index is 13.9. The predicted octanol–water partition coefficient (Wildman–Crippen LogP) is 2.57. The SMILES string of the molecule is CCn1ncc(NC(=S)Nc2ccn(Cc3ccccc3F)n2)c1C(=O)N1CCOCC1. The summed E-state index contributed by atoms with van der Waals surface area (Å²) >= 11 is 5.41. The summed E-state index contributed by atoms with van der Waals surface area (Å²) in [6.07, 6.45) is 3.32. The lowest BCUT2D eigenvalue weighted by molar-refractivity contribution is 0.0295. The number of thiocarbonyl (C=S) groups is 1. The number of aromatic nitrogens is 4. The Morgan fingerprint density at radius 2 is 2.00 bits per heavy atom. The van der Waals surface area contributed by atoms with Crippen LogP contribution in [0.1, 0.15) is 23.0 Å². The number of nitrogens with one attached hydrogen (secondary N) is 2. The van der Waals surface area contributed by atoms with Crippen LogP contribution in [0.15, 0.2) is 42.7 Å². The first kappa shape index (κ1) is 21.9. The molecule has 0 aliphatic carbocycles. The van der Waals surface area contributed by atoms with Gasteiger partial charge in [0.2, 0.25) is 0 Å². The number of carbonyl (C=O) groups is 1. The molecule has 4 rings (SSSR count). The van der Waals surface area contributed by atoms with Gasteiger partial charge in [-0.1, -0.05) is 18.2 Å². The van der Waals surface area contributed by atoms with Crippen LogP contribution in [0.25, 0.3) is 0 Å². The first-order chi connectivity index (χ1) is 15.5. The van der Waals surface area contributed by atoms with Gasteiger partial charge >= 0.3 is 0 Å². The molecule has 1 amide bonds. The second kappa shape index (κ2) is 9.88. The smallest absolute Gasteiger partial charge is 0.274 e. The van der Waals surface area contributed by atoms with Gasteiger partial charge in [0, 0.05) is 37.5 Å². The highest BCUT2D eigenvalue weighted by molar-refractivity contribution is 7.80. The molecule has 0 spiro atoms. The summed E-state index contributed by atoms with van der Waals surface area (Å²) in [6, 6.07) is 8.31. The number of hydrogen-bond donors (Lipinski definition) is 2. The van der Waals surface area contributed by atoms with Crippen LogP contribution in [0.5, 0.6) is 0 Å². The molecule has 0 atom stereocenters. The number of nitrogens with zero attached hydrogens (tertiary/aromatic N) is 5. The third kappa shape index (κ3) is 4.94. The number of ether oxygens (including phenoxy) is 1. The summed E-state index contributed by atoms with van der Waals surface area (Å²) < 4.78 is 22.5. The van der Waals surface area contributed by atoms with E-state index < -0.39 is 0 Å². The van der Waals surface area contributed by atoms with E-state index >= 15 is 0 Å². The zero-order chi connectivity index (χ0) is 22.5. The van der Waals surface area contributed by atoms with Crippen molar-refractivity contribution in [1.82, 2.24) is 24.5 Å². The topological polar surface area (TPSA) is 89.2 Å².